The van der Waals surface area contributed by atoms with Crippen molar-refractivity contribution in [3.63, 3.8) is 0 Å². The molecular formula is C12H15ClN2S2. The van der Waals surface area contributed by atoms with Gasteiger partial charge in [0.25, 0.3) is 0 Å². The average molecular weight is 287 g/mol. The Bertz CT molecular complexity index is 439. The predicted molar refractivity (Wildman–Crippen MR) is 75.9 cm³/mol. The Kier molecular flexibility index (Phi) is 4.98. The van der Waals surface area contributed by atoms with E-state index in [0.29, 0.717) is 6.04 Å². The number of thiophene rings is 1. The van der Waals surface area contributed by atoms with Crippen LogP contribution in [0.2, 0.25) is 4.34 Å². The van der Waals surface area contributed by atoms with Crippen LogP contribution in [0.5, 0.6) is 0 Å². The minimum atomic E-state index is 0.433. The molecule has 0 spiro atoms. The summed E-state index contributed by atoms with van der Waals surface area (Å²) >= 11 is 9.21. The molecule has 2 nitrogen and oxygen atoms in total. The summed E-state index contributed by atoms with van der Waals surface area (Å²) in [5, 5.41) is 6.73. The van der Waals surface area contributed by atoms with Gasteiger partial charge < -0.3 is 5.32 Å². The molecule has 0 aromatic carbocycles. The van der Waals surface area contributed by atoms with E-state index in [0.717, 1.165) is 22.3 Å². The number of thiazole rings is 1. The Morgan fingerprint density at radius 1 is 1.53 bits per heavy atom. The van der Waals surface area contributed by atoms with Gasteiger partial charge in [-0.15, -0.1) is 22.7 Å². The predicted octanol–water partition coefficient (Wildman–Crippen LogP) is 4.49. The maximum atomic E-state index is 5.87. The van der Waals surface area contributed by atoms with Crippen LogP contribution in [0.25, 0.3) is 0 Å². The van der Waals surface area contributed by atoms with Gasteiger partial charge in [0.05, 0.1) is 6.20 Å². The van der Waals surface area contributed by atoms with Crippen LogP contribution in [0.3, 0.4) is 0 Å². The molecule has 1 unspecified atom stereocenters. The zero-order valence-electron chi connectivity index (χ0n) is 9.65. The smallest absolute Gasteiger partial charge is 0.113 e. The minimum Gasteiger partial charge on any atom is -0.303 e. The number of halogens is 1. The van der Waals surface area contributed by atoms with Crippen LogP contribution >= 0.6 is 34.3 Å². The summed E-state index contributed by atoms with van der Waals surface area (Å²) in [6, 6.07) is 4.72. The Hall–Kier alpha value is -0.420. The third-order valence-electron chi connectivity index (χ3n) is 2.49. The Balaban J connectivity index is 1.94. The molecule has 0 amide bonds. The van der Waals surface area contributed by atoms with E-state index in [9.17, 15) is 0 Å². The second-order valence-electron chi connectivity index (χ2n) is 3.80. The van der Waals surface area contributed by atoms with Gasteiger partial charge in [-0.1, -0.05) is 31.0 Å². The van der Waals surface area contributed by atoms with Gasteiger partial charge in [0.15, 0.2) is 0 Å². The van der Waals surface area contributed by atoms with Crippen LogP contribution in [0, 0.1) is 0 Å². The Morgan fingerprint density at radius 2 is 2.41 bits per heavy atom. The molecule has 2 heterocycles. The molecule has 0 radical (unpaired) electrons. The lowest BCUT2D eigenvalue weighted by Gasteiger charge is -2.15. The monoisotopic (exact) mass is 286 g/mol. The fraction of sp³-hybridized carbons (Fsp3) is 0.417. The zero-order chi connectivity index (χ0) is 12.1. The van der Waals surface area contributed by atoms with Crippen LogP contribution < -0.4 is 5.32 Å². The molecule has 1 atom stereocenters. The second kappa shape index (κ2) is 6.50. The number of rotatable bonds is 6. The molecular weight excluding hydrogens is 272 g/mol. The molecule has 0 bridgehead atoms. The van der Waals surface area contributed by atoms with Crippen LogP contribution in [-0.4, -0.2) is 4.98 Å². The normalized spacial score (nSPS) is 12.8. The zero-order valence-corrected chi connectivity index (χ0v) is 12.0. The molecule has 5 heteroatoms. The molecule has 0 fully saturated rings. The van der Waals surface area contributed by atoms with E-state index in [1.54, 1.807) is 28.9 Å². The van der Waals surface area contributed by atoms with Crippen molar-refractivity contribution in [1.29, 1.82) is 0 Å². The molecule has 2 rings (SSSR count). The third-order valence-corrected chi connectivity index (χ3v) is 4.59. The summed E-state index contributed by atoms with van der Waals surface area (Å²) in [6.07, 6.45) is 4.04. The molecule has 0 aliphatic rings. The van der Waals surface area contributed by atoms with Crippen molar-refractivity contribution in [2.75, 3.05) is 0 Å². The van der Waals surface area contributed by atoms with Gasteiger partial charge in [-0.3, -0.25) is 0 Å². The van der Waals surface area contributed by atoms with Crippen molar-refractivity contribution in [3.05, 3.63) is 37.9 Å². The molecule has 2 aromatic heterocycles. The molecule has 1 N–H and O–H groups in total. The number of aromatic nitrogens is 1. The summed E-state index contributed by atoms with van der Waals surface area (Å²) in [6.45, 7) is 3.00. The molecule has 0 saturated carbocycles. The molecule has 0 saturated heterocycles. The lowest BCUT2D eigenvalue weighted by Crippen LogP contribution is -2.19. The van der Waals surface area contributed by atoms with Crippen molar-refractivity contribution in [2.45, 2.75) is 32.4 Å². The van der Waals surface area contributed by atoms with Gasteiger partial charge in [0, 0.05) is 17.5 Å². The Labute approximate surface area is 115 Å². The molecule has 17 heavy (non-hydrogen) atoms. The highest BCUT2D eigenvalue weighted by Gasteiger charge is 2.11. The number of nitrogens with zero attached hydrogens (tertiary/aromatic N) is 1. The van der Waals surface area contributed by atoms with E-state index in [4.69, 9.17) is 11.6 Å². The number of hydrogen-bond donors (Lipinski definition) is 1. The first-order valence-corrected chi connectivity index (χ1v) is 7.74. The first-order valence-electron chi connectivity index (χ1n) is 5.66. The first-order chi connectivity index (χ1) is 8.29. The molecule has 2 aromatic rings. The summed E-state index contributed by atoms with van der Waals surface area (Å²) in [5.74, 6) is 0. The SMILES string of the molecule is CCCC(NCc1ncc(Cl)s1)c1cccs1. The van der Waals surface area contributed by atoms with Crippen molar-refractivity contribution in [2.24, 2.45) is 0 Å². The molecule has 0 aliphatic heterocycles. The summed E-state index contributed by atoms with van der Waals surface area (Å²) in [4.78, 5) is 5.65. The van der Waals surface area contributed by atoms with Gasteiger partial charge in [-0.2, -0.15) is 0 Å². The van der Waals surface area contributed by atoms with Crippen molar-refractivity contribution < 1.29 is 0 Å². The van der Waals surface area contributed by atoms with Crippen molar-refractivity contribution in [3.8, 4) is 0 Å². The van der Waals surface area contributed by atoms with Gasteiger partial charge in [0.2, 0.25) is 0 Å². The second-order valence-corrected chi connectivity index (χ2v) is 6.52. The maximum absolute atomic E-state index is 5.87. The number of hydrogen-bond acceptors (Lipinski definition) is 4. The third kappa shape index (κ3) is 3.78. The molecule has 0 aliphatic carbocycles. The molecule has 92 valence electrons. The van der Waals surface area contributed by atoms with E-state index in [2.05, 4.69) is 34.7 Å². The van der Waals surface area contributed by atoms with Gasteiger partial charge >= 0.3 is 0 Å². The van der Waals surface area contributed by atoms with E-state index in [1.165, 1.54) is 11.3 Å². The van der Waals surface area contributed by atoms with Crippen LogP contribution in [-0.2, 0) is 6.54 Å². The standard InChI is InChI=1S/C12H15ClN2S2/c1-2-4-9(10-5-3-6-16-10)14-8-12-15-7-11(13)17-12/h3,5-7,9,14H,2,4,8H2,1H3. The topological polar surface area (TPSA) is 24.9 Å². The summed E-state index contributed by atoms with van der Waals surface area (Å²) in [5.41, 5.74) is 0. The quantitative estimate of drug-likeness (QED) is 0.846. The van der Waals surface area contributed by atoms with E-state index >= 15 is 0 Å². The Morgan fingerprint density at radius 3 is 3.00 bits per heavy atom. The van der Waals surface area contributed by atoms with Crippen molar-refractivity contribution >= 4 is 34.3 Å². The fourth-order valence-corrected chi connectivity index (χ4v) is 3.45. The summed E-state index contributed by atoms with van der Waals surface area (Å²) in [7, 11) is 0. The van der Waals surface area contributed by atoms with E-state index in [-0.39, 0.29) is 0 Å². The van der Waals surface area contributed by atoms with Crippen LogP contribution in [0.15, 0.2) is 23.7 Å². The van der Waals surface area contributed by atoms with E-state index < -0.39 is 0 Å². The highest BCUT2D eigenvalue weighted by atomic mass is 35.5. The maximum Gasteiger partial charge on any atom is 0.113 e. The minimum absolute atomic E-state index is 0.433. The van der Waals surface area contributed by atoms with E-state index in [1.807, 2.05) is 0 Å². The van der Waals surface area contributed by atoms with Crippen LogP contribution in [0.4, 0.5) is 0 Å². The van der Waals surface area contributed by atoms with Gasteiger partial charge in [-0.05, 0) is 17.9 Å². The first kappa shape index (κ1) is 13.0. The largest absolute Gasteiger partial charge is 0.303 e. The van der Waals surface area contributed by atoms with Crippen molar-refractivity contribution in [1.82, 2.24) is 10.3 Å². The number of nitrogens with one attached hydrogen (secondary N) is 1. The van der Waals surface area contributed by atoms with Crippen LogP contribution in [0.1, 0.15) is 35.7 Å². The van der Waals surface area contributed by atoms with Gasteiger partial charge in [0.1, 0.15) is 9.34 Å². The highest BCUT2D eigenvalue weighted by molar-refractivity contribution is 7.15. The average Bonchev–Trinajstić information content (AvgIpc) is 2.95. The summed E-state index contributed by atoms with van der Waals surface area (Å²) < 4.78 is 0.755. The lowest BCUT2D eigenvalue weighted by molar-refractivity contribution is 0.500. The van der Waals surface area contributed by atoms with Gasteiger partial charge in [-0.25, -0.2) is 4.98 Å². The lowest BCUT2D eigenvalue weighted by atomic mass is 10.1. The highest BCUT2D eigenvalue weighted by Crippen LogP contribution is 2.24. The fourth-order valence-electron chi connectivity index (χ4n) is 1.70.